The number of anilines is 1. The van der Waals surface area contributed by atoms with Gasteiger partial charge in [0.1, 0.15) is 5.00 Å². The largest absolute Gasteiger partial charge is 0.462 e. The van der Waals surface area contributed by atoms with Crippen LogP contribution in [-0.4, -0.2) is 31.1 Å². The van der Waals surface area contributed by atoms with Crippen LogP contribution < -0.4 is 5.32 Å². The minimum Gasteiger partial charge on any atom is -0.462 e. The molecule has 0 radical (unpaired) electrons. The molecule has 1 heterocycles. The van der Waals surface area contributed by atoms with E-state index in [1.165, 1.54) is 23.5 Å². The minimum atomic E-state index is -0.706. The third-order valence-electron chi connectivity index (χ3n) is 4.13. The molecule has 0 unspecified atom stereocenters. The Kier molecular flexibility index (Phi) is 6.06. The molecule has 1 aromatic heterocycles. The Morgan fingerprint density at radius 1 is 1.25 bits per heavy atom. The van der Waals surface area contributed by atoms with Gasteiger partial charge in [0.15, 0.2) is 6.61 Å². The summed E-state index contributed by atoms with van der Waals surface area (Å²) in [6.07, 6.45) is 2.02. The highest BCUT2D eigenvalue weighted by Crippen LogP contribution is 2.46. The normalized spacial score (nSPS) is 12.7. The van der Waals surface area contributed by atoms with E-state index in [0.717, 1.165) is 18.4 Å². The van der Waals surface area contributed by atoms with Crippen molar-refractivity contribution < 1.29 is 23.9 Å². The molecule has 28 heavy (non-hydrogen) atoms. The van der Waals surface area contributed by atoms with Crippen molar-refractivity contribution >= 4 is 34.2 Å². The third-order valence-corrected chi connectivity index (χ3v) is 5.04. The highest BCUT2D eigenvalue weighted by Gasteiger charge is 2.32. The number of amides is 1. The maximum absolute atomic E-state index is 12.3. The quantitative estimate of drug-likeness (QED) is 0.716. The molecule has 1 aliphatic carbocycles. The molecule has 1 aliphatic rings. The van der Waals surface area contributed by atoms with Gasteiger partial charge in [-0.25, -0.2) is 9.59 Å². The number of ether oxygens (including phenoxy) is 2. The molecule has 2 aromatic rings. The smallest absolute Gasteiger partial charge is 0.341 e. The maximum Gasteiger partial charge on any atom is 0.341 e. The van der Waals surface area contributed by atoms with E-state index < -0.39 is 24.5 Å². The molecule has 1 saturated carbocycles. The number of benzene rings is 1. The predicted octanol–water partition coefficient (Wildman–Crippen LogP) is 3.47. The maximum atomic E-state index is 12.3. The lowest BCUT2D eigenvalue weighted by Crippen LogP contribution is -2.22. The molecule has 3 rings (SSSR count). The molecule has 0 bridgehead atoms. The van der Waals surface area contributed by atoms with Crippen LogP contribution in [0, 0.1) is 11.3 Å². The van der Waals surface area contributed by atoms with Gasteiger partial charge in [-0.2, -0.15) is 5.26 Å². The second-order valence-corrected chi connectivity index (χ2v) is 7.09. The highest BCUT2D eigenvalue weighted by atomic mass is 32.1. The summed E-state index contributed by atoms with van der Waals surface area (Å²) < 4.78 is 10.1. The first-order chi connectivity index (χ1) is 13.5. The van der Waals surface area contributed by atoms with Crippen molar-refractivity contribution in [3.05, 3.63) is 51.9 Å². The monoisotopic (exact) mass is 398 g/mol. The summed E-state index contributed by atoms with van der Waals surface area (Å²) >= 11 is 1.25. The number of nitrogens with zero attached hydrogens (tertiary/aromatic N) is 1. The summed E-state index contributed by atoms with van der Waals surface area (Å²) in [6, 6.07) is 7.95. The van der Waals surface area contributed by atoms with E-state index in [0.29, 0.717) is 22.0 Å². The SMILES string of the molecule is CCOC(=O)c1c(C2CC2)csc1NC(=O)COC(=O)c1cccc(C#N)c1. The lowest BCUT2D eigenvalue weighted by molar-refractivity contribution is -0.119. The van der Waals surface area contributed by atoms with Crippen LogP contribution in [0.25, 0.3) is 0 Å². The predicted molar refractivity (Wildman–Crippen MR) is 102 cm³/mol. The van der Waals surface area contributed by atoms with Crippen LogP contribution in [0.15, 0.2) is 29.6 Å². The van der Waals surface area contributed by atoms with E-state index in [9.17, 15) is 14.4 Å². The molecular formula is C20H18N2O5S. The van der Waals surface area contributed by atoms with Crippen LogP contribution in [0.4, 0.5) is 5.00 Å². The average molecular weight is 398 g/mol. The first kappa shape index (κ1) is 19.6. The topological polar surface area (TPSA) is 105 Å². The van der Waals surface area contributed by atoms with Crippen LogP contribution in [-0.2, 0) is 14.3 Å². The number of rotatable bonds is 7. The Morgan fingerprint density at radius 2 is 2.04 bits per heavy atom. The first-order valence-corrected chi connectivity index (χ1v) is 9.67. The summed E-state index contributed by atoms with van der Waals surface area (Å²) in [6.45, 7) is 1.46. The van der Waals surface area contributed by atoms with Crippen molar-refractivity contribution in [2.24, 2.45) is 0 Å². The number of carbonyl (C=O) groups is 3. The van der Waals surface area contributed by atoms with Gasteiger partial charge in [0, 0.05) is 0 Å². The summed E-state index contributed by atoms with van der Waals surface area (Å²) in [5, 5.41) is 13.8. The van der Waals surface area contributed by atoms with E-state index in [1.54, 1.807) is 19.1 Å². The van der Waals surface area contributed by atoms with Crippen molar-refractivity contribution in [3.8, 4) is 6.07 Å². The van der Waals surface area contributed by atoms with Crippen molar-refractivity contribution in [2.75, 3.05) is 18.5 Å². The van der Waals surface area contributed by atoms with Gasteiger partial charge < -0.3 is 14.8 Å². The Morgan fingerprint density at radius 3 is 2.71 bits per heavy atom. The van der Waals surface area contributed by atoms with E-state index in [2.05, 4.69) is 5.32 Å². The number of nitriles is 1. The molecule has 8 heteroatoms. The zero-order chi connectivity index (χ0) is 20.1. The van der Waals surface area contributed by atoms with Crippen molar-refractivity contribution in [3.63, 3.8) is 0 Å². The lowest BCUT2D eigenvalue weighted by Gasteiger charge is -2.09. The van der Waals surface area contributed by atoms with Crippen LogP contribution >= 0.6 is 11.3 Å². The molecular weight excluding hydrogens is 380 g/mol. The second-order valence-electron chi connectivity index (χ2n) is 6.21. The van der Waals surface area contributed by atoms with Crippen molar-refractivity contribution in [1.82, 2.24) is 0 Å². The van der Waals surface area contributed by atoms with Gasteiger partial charge in [-0.1, -0.05) is 6.07 Å². The average Bonchev–Trinajstić information content (AvgIpc) is 3.46. The molecule has 1 amide bonds. The molecule has 0 spiro atoms. The van der Waals surface area contributed by atoms with E-state index >= 15 is 0 Å². The number of esters is 2. The number of hydrogen-bond donors (Lipinski definition) is 1. The van der Waals surface area contributed by atoms with Gasteiger partial charge in [0.2, 0.25) is 0 Å². The lowest BCUT2D eigenvalue weighted by atomic mass is 10.1. The number of carbonyl (C=O) groups excluding carboxylic acids is 3. The van der Waals surface area contributed by atoms with Crippen LogP contribution in [0.3, 0.4) is 0 Å². The Hall–Kier alpha value is -3.18. The number of nitrogens with one attached hydrogen (secondary N) is 1. The molecule has 1 N–H and O–H groups in total. The summed E-state index contributed by atoms with van der Waals surface area (Å²) in [4.78, 5) is 36.6. The molecule has 144 valence electrons. The number of thiophene rings is 1. The van der Waals surface area contributed by atoms with Gasteiger partial charge in [0.25, 0.3) is 5.91 Å². The summed E-state index contributed by atoms with van der Waals surface area (Å²) in [5.74, 6) is -1.40. The van der Waals surface area contributed by atoms with Gasteiger partial charge in [0.05, 0.1) is 29.4 Å². The molecule has 0 aliphatic heterocycles. The summed E-state index contributed by atoms with van der Waals surface area (Å²) in [7, 11) is 0. The Balaban J connectivity index is 1.64. The molecule has 7 nitrogen and oxygen atoms in total. The zero-order valence-corrected chi connectivity index (χ0v) is 16.0. The van der Waals surface area contributed by atoms with Crippen molar-refractivity contribution in [2.45, 2.75) is 25.7 Å². The molecule has 0 saturated heterocycles. The molecule has 0 atom stereocenters. The fourth-order valence-electron chi connectivity index (χ4n) is 2.66. The second kappa shape index (κ2) is 8.67. The minimum absolute atomic E-state index is 0.186. The third kappa shape index (κ3) is 4.56. The van der Waals surface area contributed by atoms with E-state index in [4.69, 9.17) is 14.7 Å². The summed E-state index contributed by atoms with van der Waals surface area (Å²) in [5.41, 5.74) is 1.79. The Labute approximate surface area is 165 Å². The standard InChI is InChI=1S/C20H18N2O5S/c1-2-26-20(25)17-15(13-6-7-13)11-28-18(17)22-16(23)10-27-19(24)14-5-3-4-12(8-14)9-21/h3-5,8,11,13H,2,6-7,10H2,1H3,(H,22,23). The molecule has 1 aromatic carbocycles. The van der Waals surface area contributed by atoms with Gasteiger partial charge in [-0.15, -0.1) is 11.3 Å². The van der Waals surface area contributed by atoms with Crippen LogP contribution in [0.5, 0.6) is 0 Å². The zero-order valence-electron chi connectivity index (χ0n) is 15.2. The molecule has 1 fully saturated rings. The van der Waals surface area contributed by atoms with Crippen molar-refractivity contribution in [1.29, 1.82) is 5.26 Å². The number of hydrogen-bond acceptors (Lipinski definition) is 7. The van der Waals surface area contributed by atoms with Crippen LogP contribution in [0.1, 0.15) is 57.5 Å². The van der Waals surface area contributed by atoms with Crippen LogP contribution in [0.2, 0.25) is 0 Å². The Bertz CT molecular complexity index is 956. The first-order valence-electron chi connectivity index (χ1n) is 8.79. The highest BCUT2D eigenvalue weighted by molar-refractivity contribution is 7.15. The van der Waals surface area contributed by atoms with E-state index in [-0.39, 0.29) is 12.2 Å². The van der Waals surface area contributed by atoms with Gasteiger partial charge in [-0.05, 0) is 54.8 Å². The van der Waals surface area contributed by atoms with Gasteiger partial charge in [-0.3, -0.25) is 4.79 Å². The van der Waals surface area contributed by atoms with Gasteiger partial charge >= 0.3 is 11.9 Å². The fourth-order valence-corrected chi connectivity index (χ4v) is 3.71. The van der Waals surface area contributed by atoms with E-state index in [1.807, 2.05) is 11.4 Å². The fraction of sp³-hybridized carbons (Fsp3) is 0.300.